The second-order valence-corrected chi connectivity index (χ2v) is 4.16. The number of amides is 1. The largest absolute Gasteiger partial charge is 0.444 e. The van der Waals surface area contributed by atoms with Crippen molar-refractivity contribution in [2.24, 2.45) is 5.92 Å². The third kappa shape index (κ3) is 4.05. The summed E-state index contributed by atoms with van der Waals surface area (Å²) in [5, 5.41) is 2.76. The Balaban J connectivity index is 2.36. The number of halogens is 1. The first-order valence-electron chi connectivity index (χ1n) is 4.66. The smallest absolute Gasteiger partial charge is 0.287 e. The van der Waals surface area contributed by atoms with Crippen LogP contribution in [-0.2, 0) is 4.74 Å². The molecule has 0 spiro atoms. The Kier molecular flexibility index (Phi) is 4.84. The highest BCUT2D eigenvalue weighted by atomic mass is 79.9. The zero-order valence-electron chi connectivity index (χ0n) is 8.75. The maximum absolute atomic E-state index is 11.5. The van der Waals surface area contributed by atoms with Crippen LogP contribution < -0.4 is 5.32 Å². The molecule has 0 saturated heterocycles. The third-order valence-corrected chi connectivity index (χ3v) is 2.29. The molecule has 1 heterocycles. The number of nitrogens with one attached hydrogen (secondary N) is 1. The molecule has 1 atom stereocenters. The number of rotatable bonds is 5. The predicted octanol–water partition coefficient (Wildman–Crippen LogP) is 2.05. The van der Waals surface area contributed by atoms with E-state index in [0.29, 0.717) is 23.6 Å². The first-order chi connectivity index (χ1) is 7.13. The normalized spacial score (nSPS) is 12.5. The van der Waals surface area contributed by atoms with Crippen LogP contribution in [0.15, 0.2) is 21.2 Å². The summed E-state index contributed by atoms with van der Waals surface area (Å²) in [4.78, 5) is 11.5. The molecule has 1 rings (SSSR count). The van der Waals surface area contributed by atoms with Gasteiger partial charge in [-0.15, -0.1) is 0 Å². The van der Waals surface area contributed by atoms with Gasteiger partial charge in [-0.1, -0.05) is 6.92 Å². The quantitative estimate of drug-likeness (QED) is 0.895. The SMILES string of the molecule is COCC(C)CNC(=O)c1ccc(Br)o1. The fraction of sp³-hybridized carbons (Fsp3) is 0.500. The van der Waals surface area contributed by atoms with Crippen LogP contribution in [0, 0.1) is 5.92 Å². The van der Waals surface area contributed by atoms with E-state index in [2.05, 4.69) is 21.2 Å². The highest BCUT2D eigenvalue weighted by molar-refractivity contribution is 9.10. The van der Waals surface area contributed by atoms with Crippen LogP contribution in [0.2, 0.25) is 0 Å². The molecule has 0 aliphatic rings. The second-order valence-electron chi connectivity index (χ2n) is 3.37. The first-order valence-corrected chi connectivity index (χ1v) is 5.45. The van der Waals surface area contributed by atoms with Gasteiger partial charge in [0.25, 0.3) is 5.91 Å². The second kappa shape index (κ2) is 5.92. The van der Waals surface area contributed by atoms with Gasteiger partial charge >= 0.3 is 0 Å². The first kappa shape index (κ1) is 12.3. The van der Waals surface area contributed by atoms with Crippen molar-refractivity contribution in [2.75, 3.05) is 20.3 Å². The molecule has 15 heavy (non-hydrogen) atoms. The number of methoxy groups -OCH3 is 1. The zero-order valence-corrected chi connectivity index (χ0v) is 10.3. The van der Waals surface area contributed by atoms with Crippen molar-refractivity contribution in [3.05, 3.63) is 22.6 Å². The molecule has 5 heteroatoms. The molecule has 0 radical (unpaired) electrons. The summed E-state index contributed by atoms with van der Waals surface area (Å²) in [6.45, 7) is 3.20. The topological polar surface area (TPSA) is 51.5 Å². The van der Waals surface area contributed by atoms with E-state index in [-0.39, 0.29) is 11.8 Å². The number of furan rings is 1. The molecule has 1 unspecified atom stereocenters. The van der Waals surface area contributed by atoms with Gasteiger partial charge in [-0.2, -0.15) is 0 Å². The number of hydrogen-bond acceptors (Lipinski definition) is 3. The van der Waals surface area contributed by atoms with Crippen LogP contribution in [0.3, 0.4) is 0 Å². The molecule has 0 bridgehead atoms. The lowest BCUT2D eigenvalue weighted by Crippen LogP contribution is -2.29. The molecule has 0 aromatic carbocycles. The summed E-state index contributed by atoms with van der Waals surface area (Å²) in [7, 11) is 1.64. The van der Waals surface area contributed by atoms with Crippen LogP contribution in [-0.4, -0.2) is 26.2 Å². The Hall–Kier alpha value is -0.810. The molecule has 1 aromatic heterocycles. The molecule has 1 amide bonds. The molecular weight excluding hydrogens is 262 g/mol. The van der Waals surface area contributed by atoms with E-state index in [1.54, 1.807) is 19.2 Å². The van der Waals surface area contributed by atoms with Crippen molar-refractivity contribution in [2.45, 2.75) is 6.92 Å². The summed E-state index contributed by atoms with van der Waals surface area (Å²) in [6, 6.07) is 3.31. The van der Waals surface area contributed by atoms with Crippen molar-refractivity contribution in [3.63, 3.8) is 0 Å². The highest BCUT2D eigenvalue weighted by Crippen LogP contribution is 2.13. The molecular formula is C10H14BrNO3. The van der Waals surface area contributed by atoms with E-state index >= 15 is 0 Å². The standard InChI is InChI=1S/C10H14BrNO3/c1-7(6-14-2)5-12-10(13)8-3-4-9(11)15-8/h3-4,7H,5-6H2,1-2H3,(H,12,13). The maximum atomic E-state index is 11.5. The average molecular weight is 276 g/mol. The summed E-state index contributed by atoms with van der Waals surface area (Å²) >= 11 is 3.14. The zero-order chi connectivity index (χ0) is 11.3. The van der Waals surface area contributed by atoms with E-state index in [9.17, 15) is 4.79 Å². The fourth-order valence-electron chi connectivity index (χ4n) is 1.13. The molecule has 84 valence electrons. The Bertz CT molecular complexity index is 324. The van der Waals surface area contributed by atoms with Gasteiger partial charge < -0.3 is 14.5 Å². The summed E-state index contributed by atoms with van der Waals surface area (Å²) < 4.78 is 10.6. The lowest BCUT2D eigenvalue weighted by Gasteiger charge is -2.10. The average Bonchev–Trinajstić information content (AvgIpc) is 2.62. The van der Waals surface area contributed by atoms with Crippen molar-refractivity contribution >= 4 is 21.8 Å². The molecule has 1 aromatic rings. The van der Waals surface area contributed by atoms with Crippen LogP contribution in [0.5, 0.6) is 0 Å². The molecule has 0 aliphatic heterocycles. The van der Waals surface area contributed by atoms with Gasteiger partial charge in [0.15, 0.2) is 10.4 Å². The van der Waals surface area contributed by atoms with Crippen molar-refractivity contribution in [3.8, 4) is 0 Å². The number of hydrogen-bond donors (Lipinski definition) is 1. The third-order valence-electron chi connectivity index (χ3n) is 1.86. The minimum absolute atomic E-state index is 0.205. The maximum Gasteiger partial charge on any atom is 0.287 e. The van der Waals surface area contributed by atoms with E-state index in [1.165, 1.54) is 0 Å². The van der Waals surface area contributed by atoms with Crippen LogP contribution in [0.25, 0.3) is 0 Å². The van der Waals surface area contributed by atoms with Crippen LogP contribution in [0.4, 0.5) is 0 Å². The van der Waals surface area contributed by atoms with E-state index < -0.39 is 0 Å². The number of carbonyl (C=O) groups excluding carboxylic acids is 1. The van der Waals surface area contributed by atoms with Crippen LogP contribution >= 0.6 is 15.9 Å². The van der Waals surface area contributed by atoms with E-state index in [1.807, 2.05) is 6.92 Å². The van der Waals surface area contributed by atoms with Gasteiger partial charge in [-0.05, 0) is 34.0 Å². The summed E-state index contributed by atoms with van der Waals surface area (Å²) in [5.74, 6) is 0.396. The lowest BCUT2D eigenvalue weighted by atomic mass is 10.2. The van der Waals surface area contributed by atoms with Crippen molar-refractivity contribution in [1.29, 1.82) is 0 Å². The minimum Gasteiger partial charge on any atom is -0.444 e. The Morgan fingerprint density at radius 1 is 1.67 bits per heavy atom. The molecule has 0 aliphatic carbocycles. The molecule has 1 N–H and O–H groups in total. The van der Waals surface area contributed by atoms with Crippen LogP contribution in [0.1, 0.15) is 17.5 Å². The summed E-state index contributed by atoms with van der Waals surface area (Å²) in [6.07, 6.45) is 0. The van der Waals surface area contributed by atoms with E-state index in [0.717, 1.165) is 0 Å². The van der Waals surface area contributed by atoms with Gasteiger partial charge in [0, 0.05) is 13.7 Å². The van der Waals surface area contributed by atoms with Crippen molar-refractivity contribution < 1.29 is 13.9 Å². The van der Waals surface area contributed by atoms with Gasteiger partial charge in [-0.25, -0.2) is 0 Å². The van der Waals surface area contributed by atoms with Gasteiger partial charge in [0.05, 0.1) is 6.61 Å². The minimum atomic E-state index is -0.205. The molecule has 0 fully saturated rings. The lowest BCUT2D eigenvalue weighted by molar-refractivity contribution is 0.0905. The van der Waals surface area contributed by atoms with Crippen molar-refractivity contribution in [1.82, 2.24) is 5.32 Å². The summed E-state index contributed by atoms with van der Waals surface area (Å²) in [5.41, 5.74) is 0. The number of ether oxygens (including phenoxy) is 1. The number of carbonyl (C=O) groups is 1. The van der Waals surface area contributed by atoms with Gasteiger partial charge in [-0.3, -0.25) is 4.79 Å². The highest BCUT2D eigenvalue weighted by Gasteiger charge is 2.11. The van der Waals surface area contributed by atoms with E-state index in [4.69, 9.17) is 9.15 Å². The fourth-order valence-corrected chi connectivity index (χ4v) is 1.44. The monoisotopic (exact) mass is 275 g/mol. The Morgan fingerprint density at radius 2 is 2.40 bits per heavy atom. The molecule has 4 nitrogen and oxygen atoms in total. The molecule has 0 saturated carbocycles. The Morgan fingerprint density at radius 3 is 2.93 bits per heavy atom. The van der Waals surface area contributed by atoms with Gasteiger partial charge in [0.1, 0.15) is 0 Å². The van der Waals surface area contributed by atoms with Gasteiger partial charge in [0.2, 0.25) is 0 Å². The predicted molar refractivity (Wildman–Crippen MR) is 59.8 cm³/mol. The Labute approximate surface area is 97.1 Å².